The molecule has 0 spiro atoms. The normalized spacial score (nSPS) is 20.8. The molecule has 2 rings (SSSR count). The van der Waals surface area contributed by atoms with E-state index < -0.39 is 0 Å². The second-order valence-corrected chi connectivity index (χ2v) is 4.77. The van der Waals surface area contributed by atoms with Gasteiger partial charge in [-0.25, -0.2) is 0 Å². The summed E-state index contributed by atoms with van der Waals surface area (Å²) in [5.74, 6) is 0. The minimum atomic E-state index is 0.00972. The average molecular weight is 230 g/mol. The fourth-order valence-electron chi connectivity index (χ4n) is 2.65. The van der Waals surface area contributed by atoms with Crippen LogP contribution < -0.4 is 5.73 Å². The van der Waals surface area contributed by atoms with Crippen LogP contribution in [0.15, 0.2) is 43.0 Å². The molecule has 1 aliphatic rings. The summed E-state index contributed by atoms with van der Waals surface area (Å²) < 4.78 is 0. The van der Waals surface area contributed by atoms with E-state index in [1.165, 1.54) is 24.8 Å². The molecule has 2 unspecified atom stereocenters. The SMILES string of the molecule is C=CC(N)C(c1ccccc1)N1CCCCC1. The van der Waals surface area contributed by atoms with E-state index in [4.69, 9.17) is 5.73 Å². The Balaban J connectivity index is 2.21. The summed E-state index contributed by atoms with van der Waals surface area (Å²) >= 11 is 0. The van der Waals surface area contributed by atoms with Gasteiger partial charge in [0.15, 0.2) is 0 Å². The Bertz CT molecular complexity index is 341. The number of hydrogen-bond acceptors (Lipinski definition) is 2. The van der Waals surface area contributed by atoms with Crippen molar-refractivity contribution in [2.24, 2.45) is 5.73 Å². The molecule has 2 nitrogen and oxygen atoms in total. The van der Waals surface area contributed by atoms with Gasteiger partial charge < -0.3 is 5.73 Å². The molecule has 0 aromatic heterocycles. The lowest BCUT2D eigenvalue weighted by Gasteiger charge is -2.37. The van der Waals surface area contributed by atoms with Crippen molar-refractivity contribution in [1.29, 1.82) is 0 Å². The Morgan fingerprint density at radius 1 is 1.12 bits per heavy atom. The largest absolute Gasteiger partial charge is 0.323 e. The van der Waals surface area contributed by atoms with Gasteiger partial charge in [-0.2, -0.15) is 0 Å². The highest BCUT2D eigenvalue weighted by molar-refractivity contribution is 5.22. The Kier molecular flexibility index (Phi) is 4.35. The van der Waals surface area contributed by atoms with E-state index in [2.05, 4.69) is 41.8 Å². The third-order valence-corrected chi connectivity index (χ3v) is 3.56. The standard InChI is InChI=1S/C15H22N2/c1-2-14(16)15(13-9-5-3-6-10-13)17-11-7-4-8-12-17/h2-3,5-6,9-10,14-15H,1,4,7-8,11-12,16H2. The quantitative estimate of drug-likeness (QED) is 0.806. The summed E-state index contributed by atoms with van der Waals surface area (Å²) in [5, 5.41) is 0. The average Bonchev–Trinajstić information content (AvgIpc) is 2.41. The van der Waals surface area contributed by atoms with E-state index in [9.17, 15) is 0 Å². The van der Waals surface area contributed by atoms with E-state index in [0.29, 0.717) is 0 Å². The Morgan fingerprint density at radius 2 is 1.76 bits per heavy atom. The summed E-state index contributed by atoms with van der Waals surface area (Å²) in [7, 11) is 0. The molecule has 1 aromatic rings. The van der Waals surface area contributed by atoms with E-state index in [-0.39, 0.29) is 12.1 Å². The summed E-state index contributed by atoms with van der Waals surface area (Å²) in [5.41, 5.74) is 7.53. The van der Waals surface area contributed by atoms with Crippen LogP contribution in [0.5, 0.6) is 0 Å². The lowest BCUT2D eigenvalue weighted by Crippen LogP contribution is -2.42. The summed E-state index contributed by atoms with van der Waals surface area (Å²) in [6.07, 6.45) is 5.79. The highest BCUT2D eigenvalue weighted by atomic mass is 15.2. The maximum Gasteiger partial charge on any atom is 0.0535 e. The van der Waals surface area contributed by atoms with Crippen molar-refractivity contribution in [2.75, 3.05) is 13.1 Å². The van der Waals surface area contributed by atoms with Crippen LogP contribution in [0.2, 0.25) is 0 Å². The number of hydrogen-bond donors (Lipinski definition) is 1. The molecule has 92 valence electrons. The summed E-state index contributed by atoms with van der Waals surface area (Å²) in [6.45, 7) is 6.16. The lowest BCUT2D eigenvalue weighted by molar-refractivity contribution is 0.153. The zero-order valence-corrected chi connectivity index (χ0v) is 10.4. The van der Waals surface area contributed by atoms with Crippen molar-refractivity contribution >= 4 is 0 Å². The van der Waals surface area contributed by atoms with Gasteiger partial charge in [-0.3, -0.25) is 4.90 Å². The molecular weight excluding hydrogens is 208 g/mol. The topological polar surface area (TPSA) is 29.3 Å². The minimum absolute atomic E-state index is 0.00972. The van der Waals surface area contributed by atoms with E-state index in [0.717, 1.165) is 13.1 Å². The molecule has 17 heavy (non-hydrogen) atoms. The molecule has 0 aliphatic carbocycles. The molecule has 2 N–H and O–H groups in total. The third-order valence-electron chi connectivity index (χ3n) is 3.56. The number of nitrogens with two attached hydrogens (primary N) is 1. The first-order valence-corrected chi connectivity index (χ1v) is 6.50. The van der Waals surface area contributed by atoms with Crippen molar-refractivity contribution in [2.45, 2.75) is 31.3 Å². The zero-order valence-electron chi connectivity index (χ0n) is 10.4. The smallest absolute Gasteiger partial charge is 0.0535 e. The Morgan fingerprint density at radius 3 is 2.35 bits per heavy atom. The molecule has 1 fully saturated rings. The molecule has 2 atom stereocenters. The van der Waals surface area contributed by atoms with Gasteiger partial charge >= 0.3 is 0 Å². The minimum Gasteiger partial charge on any atom is -0.323 e. The number of nitrogens with zero attached hydrogens (tertiary/aromatic N) is 1. The first-order chi connectivity index (χ1) is 8.33. The monoisotopic (exact) mass is 230 g/mol. The molecule has 0 bridgehead atoms. The molecule has 1 saturated heterocycles. The Hall–Kier alpha value is -1.12. The molecule has 1 aliphatic heterocycles. The maximum atomic E-state index is 6.22. The fraction of sp³-hybridized carbons (Fsp3) is 0.467. The van der Waals surface area contributed by atoms with Crippen LogP contribution in [-0.2, 0) is 0 Å². The predicted molar refractivity (Wildman–Crippen MR) is 72.8 cm³/mol. The highest BCUT2D eigenvalue weighted by Crippen LogP contribution is 2.27. The Labute approximate surface area is 104 Å². The fourth-order valence-corrected chi connectivity index (χ4v) is 2.65. The molecule has 0 radical (unpaired) electrons. The first kappa shape index (κ1) is 12.3. The van der Waals surface area contributed by atoms with Gasteiger partial charge in [0.2, 0.25) is 0 Å². The predicted octanol–water partition coefficient (Wildman–Crippen LogP) is 2.73. The summed E-state index contributed by atoms with van der Waals surface area (Å²) in [6, 6.07) is 10.9. The second kappa shape index (κ2) is 5.99. The van der Waals surface area contributed by atoms with Crippen LogP contribution in [-0.4, -0.2) is 24.0 Å². The van der Waals surface area contributed by atoms with E-state index >= 15 is 0 Å². The lowest BCUT2D eigenvalue weighted by atomic mass is 9.96. The van der Waals surface area contributed by atoms with Gasteiger partial charge in [0.05, 0.1) is 6.04 Å². The second-order valence-electron chi connectivity index (χ2n) is 4.77. The highest BCUT2D eigenvalue weighted by Gasteiger charge is 2.25. The number of likely N-dealkylation sites (tertiary alicyclic amines) is 1. The molecule has 1 heterocycles. The van der Waals surface area contributed by atoms with Crippen LogP contribution >= 0.6 is 0 Å². The molecular formula is C15H22N2. The van der Waals surface area contributed by atoms with Gasteiger partial charge in [-0.05, 0) is 31.5 Å². The van der Waals surface area contributed by atoms with Crippen LogP contribution in [0.25, 0.3) is 0 Å². The molecule has 1 aromatic carbocycles. The van der Waals surface area contributed by atoms with E-state index in [1.54, 1.807) is 0 Å². The van der Waals surface area contributed by atoms with Gasteiger partial charge in [-0.15, -0.1) is 6.58 Å². The number of rotatable bonds is 4. The van der Waals surface area contributed by atoms with E-state index in [1.807, 2.05) is 6.08 Å². The number of benzene rings is 1. The molecule has 0 amide bonds. The first-order valence-electron chi connectivity index (χ1n) is 6.50. The van der Waals surface area contributed by atoms with Crippen LogP contribution in [0.1, 0.15) is 30.9 Å². The van der Waals surface area contributed by atoms with Crippen LogP contribution in [0.3, 0.4) is 0 Å². The number of piperidine rings is 1. The zero-order chi connectivity index (χ0) is 12.1. The van der Waals surface area contributed by atoms with Crippen molar-refractivity contribution in [3.8, 4) is 0 Å². The molecule has 0 saturated carbocycles. The summed E-state index contributed by atoms with van der Waals surface area (Å²) in [4.78, 5) is 2.51. The van der Waals surface area contributed by atoms with Crippen LogP contribution in [0, 0.1) is 0 Å². The van der Waals surface area contributed by atoms with Crippen molar-refractivity contribution < 1.29 is 0 Å². The van der Waals surface area contributed by atoms with Gasteiger partial charge in [0.1, 0.15) is 0 Å². The maximum absolute atomic E-state index is 6.22. The van der Waals surface area contributed by atoms with Crippen molar-refractivity contribution in [3.05, 3.63) is 48.6 Å². The van der Waals surface area contributed by atoms with Crippen molar-refractivity contribution in [1.82, 2.24) is 4.90 Å². The van der Waals surface area contributed by atoms with Gasteiger partial charge in [0.25, 0.3) is 0 Å². The van der Waals surface area contributed by atoms with Crippen molar-refractivity contribution in [3.63, 3.8) is 0 Å². The van der Waals surface area contributed by atoms with Gasteiger partial charge in [-0.1, -0.05) is 42.8 Å². The van der Waals surface area contributed by atoms with Crippen LogP contribution in [0.4, 0.5) is 0 Å². The molecule has 2 heteroatoms. The third kappa shape index (κ3) is 2.96. The van der Waals surface area contributed by atoms with Gasteiger partial charge in [0, 0.05) is 6.04 Å².